The Hall–Kier alpha value is -2.46. The lowest BCUT2D eigenvalue weighted by Crippen LogP contribution is -2.18. The summed E-state index contributed by atoms with van der Waals surface area (Å²) in [5.41, 5.74) is 1.71. The van der Waals surface area contributed by atoms with E-state index >= 15 is 0 Å². The Labute approximate surface area is 132 Å². The molecular weight excluding hydrogens is 304 g/mol. The molecule has 2 aromatic rings. The fourth-order valence-electron chi connectivity index (χ4n) is 2.29. The molecule has 22 heavy (non-hydrogen) atoms. The molecule has 1 heterocycles. The summed E-state index contributed by atoms with van der Waals surface area (Å²) < 4.78 is 10.6. The minimum atomic E-state index is -0.115. The SMILES string of the molecule is COc1cc(C=C2COc3ccc(Cl)cc3C2=O)ccc1O. The summed E-state index contributed by atoms with van der Waals surface area (Å²) in [6.45, 7) is 0.191. The molecule has 0 aliphatic carbocycles. The van der Waals surface area contributed by atoms with E-state index in [9.17, 15) is 9.90 Å². The fraction of sp³-hybridized carbons (Fsp3) is 0.118. The van der Waals surface area contributed by atoms with Crippen molar-refractivity contribution in [1.29, 1.82) is 0 Å². The van der Waals surface area contributed by atoms with E-state index in [4.69, 9.17) is 21.1 Å². The average molecular weight is 317 g/mol. The zero-order valence-electron chi connectivity index (χ0n) is 11.8. The first-order valence-electron chi connectivity index (χ1n) is 6.63. The zero-order chi connectivity index (χ0) is 15.7. The van der Waals surface area contributed by atoms with E-state index in [1.807, 2.05) is 0 Å². The monoisotopic (exact) mass is 316 g/mol. The van der Waals surface area contributed by atoms with E-state index in [1.165, 1.54) is 13.2 Å². The smallest absolute Gasteiger partial charge is 0.196 e. The molecule has 0 radical (unpaired) electrons. The second-order valence-electron chi connectivity index (χ2n) is 4.86. The highest BCUT2D eigenvalue weighted by Gasteiger charge is 2.23. The number of carbonyl (C=O) groups excluding carboxylic acids is 1. The fourth-order valence-corrected chi connectivity index (χ4v) is 2.46. The van der Waals surface area contributed by atoms with Crippen LogP contribution in [-0.4, -0.2) is 24.6 Å². The Morgan fingerprint density at radius 3 is 2.86 bits per heavy atom. The van der Waals surface area contributed by atoms with Gasteiger partial charge in [0.2, 0.25) is 0 Å². The molecule has 3 rings (SSSR count). The maximum Gasteiger partial charge on any atom is 0.196 e. The van der Waals surface area contributed by atoms with Crippen molar-refractivity contribution < 1.29 is 19.4 Å². The van der Waals surface area contributed by atoms with Gasteiger partial charge in [-0.05, 0) is 42.0 Å². The summed E-state index contributed by atoms with van der Waals surface area (Å²) in [5, 5.41) is 10.1. The van der Waals surface area contributed by atoms with Gasteiger partial charge >= 0.3 is 0 Å². The van der Waals surface area contributed by atoms with E-state index in [1.54, 1.807) is 36.4 Å². The van der Waals surface area contributed by atoms with Crippen molar-refractivity contribution in [2.24, 2.45) is 0 Å². The molecule has 1 N–H and O–H groups in total. The van der Waals surface area contributed by atoms with Crippen LogP contribution in [0.15, 0.2) is 42.0 Å². The van der Waals surface area contributed by atoms with Crippen LogP contribution in [0.25, 0.3) is 6.08 Å². The quantitative estimate of drug-likeness (QED) is 0.858. The minimum absolute atomic E-state index is 0.0491. The van der Waals surface area contributed by atoms with Crippen molar-refractivity contribution in [3.05, 3.63) is 58.1 Å². The highest BCUT2D eigenvalue weighted by atomic mass is 35.5. The van der Waals surface area contributed by atoms with Crippen LogP contribution in [-0.2, 0) is 0 Å². The standard InChI is InChI=1S/C17H13ClO4/c1-21-16-7-10(2-4-14(16)19)6-11-9-22-15-5-3-12(18)8-13(15)17(11)20/h2-8,19H,9H2,1H3. The predicted octanol–water partition coefficient (Wildman–Crippen LogP) is 3.71. The van der Waals surface area contributed by atoms with E-state index in [0.717, 1.165) is 5.56 Å². The van der Waals surface area contributed by atoms with Crippen LogP contribution >= 0.6 is 11.6 Å². The van der Waals surface area contributed by atoms with Gasteiger partial charge in [0.25, 0.3) is 0 Å². The first kappa shape index (κ1) is 14.5. The van der Waals surface area contributed by atoms with Crippen molar-refractivity contribution in [2.45, 2.75) is 0 Å². The van der Waals surface area contributed by atoms with Crippen molar-refractivity contribution in [1.82, 2.24) is 0 Å². The highest BCUT2D eigenvalue weighted by Crippen LogP contribution is 2.32. The third-order valence-corrected chi connectivity index (χ3v) is 3.64. The third-order valence-electron chi connectivity index (χ3n) is 3.41. The molecule has 0 bridgehead atoms. The molecule has 0 atom stereocenters. The van der Waals surface area contributed by atoms with Crippen LogP contribution < -0.4 is 9.47 Å². The van der Waals surface area contributed by atoms with Gasteiger partial charge in [0.15, 0.2) is 17.3 Å². The second kappa shape index (κ2) is 5.73. The largest absolute Gasteiger partial charge is 0.504 e. The number of aromatic hydroxyl groups is 1. The van der Waals surface area contributed by atoms with Crippen LogP contribution in [0.2, 0.25) is 5.02 Å². The molecule has 0 unspecified atom stereocenters. The number of fused-ring (bicyclic) bond motifs is 1. The number of phenolic OH excluding ortho intramolecular Hbond substituents is 1. The molecular formula is C17H13ClO4. The Bertz CT molecular complexity index is 780. The number of rotatable bonds is 2. The van der Waals surface area contributed by atoms with E-state index in [-0.39, 0.29) is 18.1 Å². The van der Waals surface area contributed by atoms with E-state index in [2.05, 4.69) is 0 Å². The molecule has 0 spiro atoms. The van der Waals surface area contributed by atoms with Crippen molar-refractivity contribution in [2.75, 3.05) is 13.7 Å². The molecule has 0 amide bonds. The summed E-state index contributed by atoms with van der Waals surface area (Å²) in [6, 6.07) is 9.85. The number of benzene rings is 2. The van der Waals surface area contributed by atoms with Crippen LogP contribution in [0, 0.1) is 0 Å². The second-order valence-corrected chi connectivity index (χ2v) is 5.30. The topological polar surface area (TPSA) is 55.8 Å². The number of ketones is 1. The van der Waals surface area contributed by atoms with E-state index in [0.29, 0.717) is 27.7 Å². The van der Waals surface area contributed by atoms with Gasteiger partial charge in [-0.15, -0.1) is 0 Å². The Morgan fingerprint density at radius 2 is 2.09 bits per heavy atom. The summed E-state index contributed by atoms with van der Waals surface area (Å²) >= 11 is 5.94. The Balaban J connectivity index is 1.98. The van der Waals surface area contributed by atoms with Crippen LogP contribution in [0.1, 0.15) is 15.9 Å². The van der Waals surface area contributed by atoms with Gasteiger partial charge in [-0.3, -0.25) is 4.79 Å². The summed E-state index contributed by atoms with van der Waals surface area (Å²) in [4.78, 5) is 12.5. The maximum atomic E-state index is 12.5. The Kier molecular flexibility index (Phi) is 3.77. The highest BCUT2D eigenvalue weighted by molar-refractivity contribution is 6.31. The number of carbonyl (C=O) groups is 1. The van der Waals surface area contributed by atoms with Crippen molar-refractivity contribution >= 4 is 23.5 Å². The number of phenols is 1. The minimum Gasteiger partial charge on any atom is -0.504 e. The molecule has 112 valence electrons. The molecule has 5 heteroatoms. The van der Waals surface area contributed by atoms with Gasteiger partial charge in [-0.2, -0.15) is 0 Å². The first-order chi connectivity index (χ1) is 10.6. The maximum absolute atomic E-state index is 12.5. The van der Waals surface area contributed by atoms with Crippen molar-refractivity contribution in [3.63, 3.8) is 0 Å². The Morgan fingerprint density at radius 1 is 1.27 bits per heavy atom. The third kappa shape index (κ3) is 2.65. The number of Topliss-reactive ketones (excluding diaryl/α,β-unsaturated/α-hetero) is 1. The van der Waals surface area contributed by atoms with Gasteiger partial charge in [0.1, 0.15) is 12.4 Å². The van der Waals surface area contributed by atoms with Crippen LogP contribution in [0.3, 0.4) is 0 Å². The lowest BCUT2D eigenvalue weighted by molar-refractivity contribution is 0.100. The molecule has 0 saturated heterocycles. The lowest BCUT2D eigenvalue weighted by Gasteiger charge is -2.19. The van der Waals surface area contributed by atoms with Gasteiger partial charge < -0.3 is 14.6 Å². The number of hydrogen-bond donors (Lipinski definition) is 1. The number of halogens is 1. The molecule has 1 aliphatic rings. The lowest BCUT2D eigenvalue weighted by atomic mass is 9.98. The zero-order valence-corrected chi connectivity index (χ0v) is 12.6. The first-order valence-corrected chi connectivity index (χ1v) is 7.01. The molecule has 2 aromatic carbocycles. The average Bonchev–Trinajstić information content (AvgIpc) is 2.52. The van der Waals surface area contributed by atoms with Crippen LogP contribution in [0.5, 0.6) is 17.2 Å². The molecule has 0 aromatic heterocycles. The molecule has 1 aliphatic heterocycles. The van der Waals surface area contributed by atoms with Crippen LogP contribution in [0.4, 0.5) is 0 Å². The number of methoxy groups -OCH3 is 1. The molecule has 0 saturated carbocycles. The summed E-state index contributed by atoms with van der Waals surface area (Å²) in [7, 11) is 1.47. The normalized spacial score (nSPS) is 15.4. The summed E-state index contributed by atoms with van der Waals surface area (Å²) in [5.74, 6) is 0.820. The molecule has 4 nitrogen and oxygen atoms in total. The molecule has 0 fully saturated rings. The van der Waals surface area contributed by atoms with Gasteiger partial charge in [-0.1, -0.05) is 17.7 Å². The van der Waals surface area contributed by atoms with E-state index < -0.39 is 0 Å². The van der Waals surface area contributed by atoms with Gasteiger partial charge in [0, 0.05) is 10.6 Å². The van der Waals surface area contributed by atoms with Crippen molar-refractivity contribution in [3.8, 4) is 17.2 Å². The van der Waals surface area contributed by atoms with Gasteiger partial charge in [0.05, 0.1) is 12.7 Å². The number of ether oxygens (including phenoxy) is 2. The summed E-state index contributed by atoms with van der Waals surface area (Å²) in [6.07, 6.45) is 1.72. The predicted molar refractivity (Wildman–Crippen MR) is 83.9 cm³/mol. The van der Waals surface area contributed by atoms with Gasteiger partial charge in [-0.25, -0.2) is 0 Å². The number of hydrogen-bond acceptors (Lipinski definition) is 4.